The van der Waals surface area contributed by atoms with Gasteiger partial charge in [-0.15, -0.1) is 0 Å². The largest absolute Gasteiger partial charge is 0.466 e. The monoisotopic (exact) mass is 278 g/mol. The summed E-state index contributed by atoms with van der Waals surface area (Å²) in [5.74, 6) is -0.0353. The number of epoxide rings is 1. The molecule has 0 amide bonds. The summed E-state index contributed by atoms with van der Waals surface area (Å²) in [5, 5.41) is 0.420. The summed E-state index contributed by atoms with van der Waals surface area (Å²) in [6.45, 7) is 3.87. The minimum atomic E-state index is -3.52. The number of furan rings is 1. The third-order valence-corrected chi connectivity index (χ3v) is 5.64. The standard InChI is InChI=1S/C14H15O4P/c1-9-8-17-12(10(9)2)13-14(18-13)19(15,16)11-6-4-3-5-7-11/h3-8,13-14H,1-2H3,(H,15,16). The fraction of sp³-hybridized carbons (Fsp3) is 0.286. The summed E-state index contributed by atoms with van der Waals surface area (Å²) in [7, 11) is -3.52. The van der Waals surface area contributed by atoms with Crippen molar-refractivity contribution in [2.75, 3.05) is 0 Å². The van der Waals surface area contributed by atoms with Crippen molar-refractivity contribution in [2.45, 2.75) is 25.8 Å². The second-order valence-electron chi connectivity index (χ2n) is 4.81. The van der Waals surface area contributed by atoms with Crippen LogP contribution in [0.4, 0.5) is 0 Å². The Bertz CT molecular complexity index is 647. The first kappa shape index (κ1) is 12.7. The number of hydrogen-bond donors (Lipinski definition) is 1. The summed E-state index contributed by atoms with van der Waals surface area (Å²) in [6.07, 6.45) is 1.23. The van der Waals surface area contributed by atoms with Gasteiger partial charge in [0.25, 0.3) is 7.37 Å². The highest BCUT2D eigenvalue weighted by Gasteiger charge is 2.55. The summed E-state index contributed by atoms with van der Waals surface area (Å²) in [4.78, 5) is 10.2. The third-order valence-electron chi connectivity index (χ3n) is 3.52. The van der Waals surface area contributed by atoms with E-state index in [2.05, 4.69) is 0 Å². The van der Waals surface area contributed by atoms with E-state index in [4.69, 9.17) is 9.15 Å². The first-order chi connectivity index (χ1) is 9.01. The Morgan fingerprint density at radius 2 is 1.89 bits per heavy atom. The Labute approximate surface area is 111 Å². The van der Waals surface area contributed by atoms with Crippen molar-refractivity contribution in [3.05, 3.63) is 53.5 Å². The fourth-order valence-corrected chi connectivity index (χ4v) is 3.85. The van der Waals surface area contributed by atoms with Crippen LogP contribution in [0.25, 0.3) is 0 Å². The molecule has 3 atom stereocenters. The first-order valence-corrected chi connectivity index (χ1v) is 7.83. The second kappa shape index (κ2) is 4.34. The Kier molecular flexibility index (Phi) is 2.90. The maximum Gasteiger partial charge on any atom is 0.260 e. The molecule has 100 valence electrons. The lowest BCUT2D eigenvalue weighted by atomic mass is 10.1. The van der Waals surface area contributed by atoms with Gasteiger partial charge in [0, 0.05) is 5.30 Å². The van der Waals surface area contributed by atoms with E-state index in [0.717, 1.165) is 11.1 Å². The Morgan fingerprint density at radius 1 is 1.21 bits per heavy atom. The van der Waals surface area contributed by atoms with E-state index in [1.54, 1.807) is 30.5 Å². The maximum absolute atomic E-state index is 12.5. The molecular formula is C14H15O4P. The van der Waals surface area contributed by atoms with Crippen LogP contribution in [0.15, 0.2) is 41.0 Å². The van der Waals surface area contributed by atoms with E-state index < -0.39 is 19.3 Å². The van der Waals surface area contributed by atoms with E-state index in [9.17, 15) is 9.46 Å². The maximum atomic E-state index is 12.5. The van der Waals surface area contributed by atoms with Crippen molar-refractivity contribution in [1.82, 2.24) is 0 Å². The van der Waals surface area contributed by atoms with Gasteiger partial charge in [0.15, 0.2) is 11.9 Å². The SMILES string of the molecule is Cc1coc(C2OC2P(=O)(O)c2ccccc2)c1C. The van der Waals surface area contributed by atoms with Crippen molar-refractivity contribution >= 4 is 12.7 Å². The molecule has 1 saturated heterocycles. The van der Waals surface area contributed by atoms with E-state index >= 15 is 0 Å². The molecule has 5 heteroatoms. The lowest BCUT2D eigenvalue weighted by Crippen LogP contribution is -2.08. The second-order valence-corrected chi connectivity index (χ2v) is 7.08. The van der Waals surface area contributed by atoms with Gasteiger partial charge in [0.05, 0.1) is 6.26 Å². The fourth-order valence-electron chi connectivity index (χ4n) is 2.15. The van der Waals surface area contributed by atoms with E-state index in [-0.39, 0.29) is 0 Å². The average Bonchev–Trinajstić information content (AvgIpc) is 3.14. The van der Waals surface area contributed by atoms with Crippen LogP contribution in [-0.2, 0) is 9.30 Å². The Morgan fingerprint density at radius 3 is 2.47 bits per heavy atom. The molecule has 2 aromatic rings. The highest BCUT2D eigenvalue weighted by molar-refractivity contribution is 7.66. The van der Waals surface area contributed by atoms with Crippen LogP contribution in [0.3, 0.4) is 0 Å². The average molecular weight is 278 g/mol. The lowest BCUT2D eigenvalue weighted by molar-refractivity contribution is 0.355. The number of ether oxygens (including phenoxy) is 1. The summed E-state index contributed by atoms with van der Waals surface area (Å²) >= 11 is 0. The van der Waals surface area contributed by atoms with Crippen LogP contribution in [0.1, 0.15) is 23.0 Å². The van der Waals surface area contributed by atoms with E-state index in [0.29, 0.717) is 11.1 Å². The number of rotatable bonds is 3. The van der Waals surface area contributed by atoms with Crippen LogP contribution in [0.5, 0.6) is 0 Å². The van der Waals surface area contributed by atoms with Gasteiger partial charge < -0.3 is 14.0 Å². The van der Waals surface area contributed by atoms with Crippen molar-refractivity contribution in [3.8, 4) is 0 Å². The first-order valence-electron chi connectivity index (χ1n) is 6.10. The minimum absolute atomic E-state index is 0.412. The van der Waals surface area contributed by atoms with E-state index in [1.807, 2.05) is 19.9 Å². The number of benzene rings is 1. The van der Waals surface area contributed by atoms with Gasteiger partial charge in [-0.3, -0.25) is 4.57 Å². The normalized spacial score (nSPS) is 25.0. The van der Waals surface area contributed by atoms with Crippen LogP contribution < -0.4 is 5.30 Å². The molecule has 1 aromatic heterocycles. The zero-order valence-electron chi connectivity index (χ0n) is 10.7. The highest BCUT2D eigenvalue weighted by Crippen LogP contribution is 2.62. The molecule has 19 heavy (non-hydrogen) atoms. The van der Waals surface area contributed by atoms with Gasteiger partial charge >= 0.3 is 0 Å². The summed E-state index contributed by atoms with van der Waals surface area (Å²) in [6, 6.07) is 8.62. The summed E-state index contributed by atoms with van der Waals surface area (Å²) in [5.41, 5.74) is 2.01. The van der Waals surface area contributed by atoms with Crippen LogP contribution in [-0.4, -0.2) is 10.7 Å². The molecule has 1 aliphatic rings. The Hall–Kier alpha value is -1.35. The molecule has 0 saturated carbocycles. The lowest BCUT2D eigenvalue weighted by Gasteiger charge is -2.08. The molecular weight excluding hydrogens is 263 g/mol. The molecule has 0 radical (unpaired) electrons. The smallest absolute Gasteiger partial charge is 0.260 e. The molecule has 0 bridgehead atoms. The van der Waals surface area contributed by atoms with Gasteiger partial charge in [-0.25, -0.2) is 0 Å². The van der Waals surface area contributed by atoms with Crippen molar-refractivity contribution in [2.24, 2.45) is 0 Å². The number of aryl methyl sites for hydroxylation is 1. The molecule has 0 aliphatic carbocycles. The molecule has 1 aromatic carbocycles. The molecule has 0 spiro atoms. The zero-order chi connectivity index (χ0) is 13.6. The predicted octanol–water partition coefficient (Wildman–Crippen LogP) is 2.89. The van der Waals surface area contributed by atoms with Crippen LogP contribution >= 0.6 is 7.37 Å². The quantitative estimate of drug-likeness (QED) is 0.692. The molecule has 3 rings (SSSR count). The van der Waals surface area contributed by atoms with Crippen LogP contribution in [0, 0.1) is 13.8 Å². The third kappa shape index (κ3) is 2.06. The van der Waals surface area contributed by atoms with Crippen molar-refractivity contribution in [1.29, 1.82) is 0 Å². The molecule has 3 unspecified atom stereocenters. The molecule has 1 fully saturated rings. The van der Waals surface area contributed by atoms with Gasteiger partial charge in [-0.2, -0.15) is 0 Å². The molecule has 4 nitrogen and oxygen atoms in total. The Balaban J connectivity index is 1.87. The topological polar surface area (TPSA) is 63.0 Å². The van der Waals surface area contributed by atoms with Gasteiger partial charge in [-0.05, 0) is 37.1 Å². The van der Waals surface area contributed by atoms with E-state index in [1.165, 1.54) is 0 Å². The highest BCUT2D eigenvalue weighted by atomic mass is 31.2. The summed E-state index contributed by atoms with van der Waals surface area (Å²) < 4.78 is 23.3. The molecule has 2 heterocycles. The van der Waals surface area contributed by atoms with Crippen LogP contribution in [0.2, 0.25) is 0 Å². The van der Waals surface area contributed by atoms with Gasteiger partial charge in [-0.1, -0.05) is 18.2 Å². The predicted molar refractivity (Wildman–Crippen MR) is 71.7 cm³/mol. The van der Waals surface area contributed by atoms with Gasteiger partial charge in [0.2, 0.25) is 0 Å². The molecule has 1 aliphatic heterocycles. The number of hydrogen-bond acceptors (Lipinski definition) is 3. The molecule has 1 N–H and O–H groups in total. The van der Waals surface area contributed by atoms with Gasteiger partial charge in [0.1, 0.15) is 5.76 Å². The van der Waals surface area contributed by atoms with Crippen molar-refractivity contribution in [3.63, 3.8) is 0 Å². The van der Waals surface area contributed by atoms with Crippen molar-refractivity contribution < 1.29 is 18.6 Å². The zero-order valence-corrected chi connectivity index (χ0v) is 11.6. The minimum Gasteiger partial charge on any atom is -0.466 e.